The maximum atomic E-state index is 12.3. The Morgan fingerprint density at radius 3 is 2.65 bits per heavy atom. The smallest absolute Gasteiger partial charge is 0.330 e. The van der Waals surface area contributed by atoms with Gasteiger partial charge in [-0.15, -0.1) is 0 Å². The molecule has 8 heteroatoms. The van der Waals surface area contributed by atoms with Crippen molar-refractivity contribution in [2.75, 3.05) is 23.7 Å². The molecule has 1 aliphatic rings. The highest BCUT2D eigenvalue weighted by Gasteiger charge is 2.44. The lowest BCUT2D eigenvalue weighted by Gasteiger charge is -2.40. The van der Waals surface area contributed by atoms with Gasteiger partial charge in [0.1, 0.15) is 11.4 Å². The molecule has 0 atom stereocenters. The number of carbonyl (C=O) groups is 1. The zero-order valence-corrected chi connectivity index (χ0v) is 14.5. The molecule has 3 aromatic rings. The topological polar surface area (TPSA) is 110 Å². The Morgan fingerprint density at radius 2 is 1.96 bits per heavy atom. The van der Waals surface area contributed by atoms with E-state index in [4.69, 9.17) is 5.73 Å². The number of para-hydroxylation sites is 2. The van der Waals surface area contributed by atoms with Crippen LogP contribution in [0.1, 0.15) is 18.5 Å². The van der Waals surface area contributed by atoms with Crippen LogP contribution in [0.25, 0.3) is 11.0 Å². The molecule has 1 aromatic carbocycles. The van der Waals surface area contributed by atoms with E-state index in [1.54, 1.807) is 6.33 Å². The molecule has 4 rings (SSSR count). The minimum atomic E-state index is -1.01. The second kappa shape index (κ2) is 5.98. The zero-order valence-electron chi connectivity index (χ0n) is 14.5. The van der Waals surface area contributed by atoms with Gasteiger partial charge in [-0.1, -0.05) is 12.1 Å². The molecule has 8 nitrogen and oxygen atoms in total. The zero-order chi connectivity index (χ0) is 18.3. The molecule has 0 amide bonds. The van der Waals surface area contributed by atoms with Gasteiger partial charge in [0.2, 0.25) is 5.95 Å². The Hall–Kier alpha value is -3.16. The van der Waals surface area contributed by atoms with E-state index < -0.39 is 11.5 Å². The van der Waals surface area contributed by atoms with E-state index >= 15 is 0 Å². The largest absolute Gasteiger partial charge is 0.479 e. The van der Waals surface area contributed by atoms with Crippen molar-refractivity contribution in [3.05, 3.63) is 42.4 Å². The summed E-state index contributed by atoms with van der Waals surface area (Å²) in [6.07, 6.45) is 2.54. The fraction of sp³-hybridized carbons (Fsp3) is 0.333. The number of piperidine rings is 1. The van der Waals surface area contributed by atoms with Gasteiger partial charge in [0, 0.05) is 24.8 Å². The summed E-state index contributed by atoms with van der Waals surface area (Å²) in [6, 6.07) is 9.47. The minimum absolute atomic E-state index is 0.232. The molecule has 3 heterocycles. The summed E-state index contributed by atoms with van der Waals surface area (Å²) < 4.78 is 1.81. The van der Waals surface area contributed by atoms with Gasteiger partial charge in [0.05, 0.1) is 17.4 Å². The average Bonchev–Trinajstić information content (AvgIpc) is 3.05. The number of carboxylic acid groups (broad SMARTS) is 1. The second-order valence-electron chi connectivity index (χ2n) is 6.65. The van der Waals surface area contributed by atoms with Crippen molar-refractivity contribution in [3.63, 3.8) is 0 Å². The van der Waals surface area contributed by atoms with E-state index in [9.17, 15) is 9.90 Å². The number of carboxylic acids is 1. The van der Waals surface area contributed by atoms with Crippen LogP contribution in [0.2, 0.25) is 0 Å². The maximum absolute atomic E-state index is 12.3. The molecule has 0 radical (unpaired) electrons. The molecule has 1 fully saturated rings. The summed E-state index contributed by atoms with van der Waals surface area (Å²) in [5.74, 6) is 0.138. The van der Waals surface area contributed by atoms with Gasteiger partial charge in [-0.25, -0.2) is 14.8 Å². The van der Waals surface area contributed by atoms with Crippen molar-refractivity contribution in [3.8, 4) is 0 Å². The van der Waals surface area contributed by atoms with Crippen molar-refractivity contribution in [1.82, 2.24) is 19.5 Å². The summed E-state index contributed by atoms with van der Waals surface area (Å²) >= 11 is 0. The van der Waals surface area contributed by atoms with Crippen LogP contribution < -0.4 is 10.6 Å². The summed E-state index contributed by atoms with van der Waals surface area (Å²) in [5, 5.41) is 10.1. The number of rotatable bonds is 3. The van der Waals surface area contributed by atoms with Crippen molar-refractivity contribution >= 4 is 28.8 Å². The van der Waals surface area contributed by atoms with E-state index in [0.29, 0.717) is 25.9 Å². The highest BCUT2D eigenvalue weighted by atomic mass is 16.4. The summed E-state index contributed by atoms with van der Waals surface area (Å²) in [5.41, 5.74) is 7.17. The van der Waals surface area contributed by atoms with Crippen LogP contribution in [0.3, 0.4) is 0 Å². The van der Waals surface area contributed by atoms with Gasteiger partial charge in [-0.2, -0.15) is 4.98 Å². The number of fused-ring (bicyclic) bond motifs is 1. The molecule has 0 saturated carbocycles. The standard InChI is InChI=1S/C18H20N6O2/c1-12-10-15(22-17(19)21-12)23-8-6-18(7-9-23,16(25)26)24-11-20-13-4-2-3-5-14(13)24/h2-5,10-11H,6-9H2,1H3,(H,25,26)(H2,19,21,22). The van der Waals surface area contributed by atoms with E-state index in [1.807, 2.05) is 41.8 Å². The fourth-order valence-electron chi connectivity index (χ4n) is 3.70. The first-order valence-corrected chi connectivity index (χ1v) is 8.52. The molecule has 3 N–H and O–H groups in total. The summed E-state index contributed by atoms with van der Waals surface area (Å²) in [6.45, 7) is 2.99. The van der Waals surface area contributed by atoms with Gasteiger partial charge in [0.15, 0.2) is 0 Å². The number of hydrogen-bond donors (Lipinski definition) is 2. The van der Waals surface area contributed by atoms with Crippen LogP contribution >= 0.6 is 0 Å². The molecular weight excluding hydrogens is 332 g/mol. The number of aryl methyl sites for hydroxylation is 1. The van der Waals surface area contributed by atoms with Crippen LogP contribution in [-0.4, -0.2) is 43.7 Å². The molecule has 1 aliphatic heterocycles. The molecule has 0 aliphatic carbocycles. The number of aromatic nitrogens is 4. The molecule has 0 unspecified atom stereocenters. The van der Waals surface area contributed by atoms with Crippen LogP contribution in [0.15, 0.2) is 36.7 Å². The van der Waals surface area contributed by atoms with Crippen LogP contribution in [0.5, 0.6) is 0 Å². The summed E-state index contributed by atoms with van der Waals surface area (Å²) in [7, 11) is 0. The third-order valence-corrected chi connectivity index (χ3v) is 5.09. The molecule has 1 saturated heterocycles. The monoisotopic (exact) mass is 352 g/mol. The number of nitrogens with zero attached hydrogens (tertiary/aromatic N) is 5. The number of nitrogens with two attached hydrogens (primary N) is 1. The number of aliphatic carboxylic acids is 1. The van der Waals surface area contributed by atoms with Crippen LogP contribution in [-0.2, 0) is 10.3 Å². The maximum Gasteiger partial charge on any atom is 0.330 e. The van der Waals surface area contributed by atoms with E-state index in [2.05, 4.69) is 19.9 Å². The number of imidazole rings is 1. The fourth-order valence-corrected chi connectivity index (χ4v) is 3.70. The Balaban J connectivity index is 1.67. The second-order valence-corrected chi connectivity index (χ2v) is 6.65. The summed E-state index contributed by atoms with van der Waals surface area (Å²) in [4.78, 5) is 27.1. The number of hydrogen-bond acceptors (Lipinski definition) is 6. The first kappa shape index (κ1) is 16.3. The Labute approximate surface area is 150 Å². The number of anilines is 2. The van der Waals surface area contributed by atoms with Crippen LogP contribution in [0.4, 0.5) is 11.8 Å². The van der Waals surface area contributed by atoms with Gasteiger partial charge in [-0.05, 0) is 31.9 Å². The van der Waals surface area contributed by atoms with Gasteiger partial charge in [0.25, 0.3) is 0 Å². The normalized spacial score (nSPS) is 16.7. The molecule has 26 heavy (non-hydrogen) atoms. The van der Waals surface area contributed by atoms with E-state index in [-0.39, 0.29) is 5.95 Å². The highest BCUT2D eigenvalue weighted by Crippen LogP contribution is 2.35. The van der Waals surface area contributed by atoms with Gasteiger partial charge >= 0.3 is 5.97 Å². The minimum Gasteiger partial charge on any atom is -0.479 e. The SMILES string of the molecule is Cc1cc(N2CCC(C(=O)O)(n3cnc4ccccc43)CC2)nc(N)n1. The third-order valence-electron chi connectivity index (χ3n) is 5.09. The van der Waals surface area contributed by atoms with Crippen molar-refractivity contribution in [2.45, 2.75) is 25.3 Å². The van der Waals surface area contributed by atoms with Crippen molar-refractivity contribution in [2.24, 2.45) is 0 Å². The first-order chi connectivity index (χ1) is 12.5. The van der Waals surface area contributed by atoms with Crippen LogP contribution in [0, 0.1) is 6.92 Å². The Bertz CT molecular complexity index is 954. The Morgan fingerprint density at radius 1 is 1.23 bits per heavy atom. The molecule has 0 spiro atoms. The lowest BCUT2D eigenvalue weighted by molar-refractivity contribution is -0.148. The van der Waals surface area contributed by atoms with Crippen molar-refractivity contribution < 1.29 is 9.90 Å². The van der Waals surface area contributed by atoms with E-state index in [0.717, 1.165) is 22.5 Å². The Kier molecular flexibility index (Phi) is 3.75. The third kappa shape index (κ3) is 2.54. The van der Waals surface area contributed by atoms with Gasteiger partial charge in [-0.3, -0.25) is 0 Å². The molecule has 0 bridgehead atoms. The first-order valence-electron chi connectivity index (χ1n) is 8.52. The number of nitrogen functional groups attached to an aromatic ring is 1. The highest BCUT2D eigenvalue weighted by molar-refractivity contribution is 5.82. The molecule has 2 aromatic heterocycles. The molecule has 134 valence electrons. The van der Waals surface area contributed by atoms with E-state index in [1.165, 1.54) is 0 Å². The molecular formula is C18H20N6O2. The quantitative estimate of drug-likeness (QED) is 0.739. The predicted molar refractivity (Wildman–Crippen MR) is 98.0 cm³/mol. The lowest BCUT2D eigenvalue weighted by Crippen LogP contribution is -2.51. The number of benzene rings is 1. The lowest BCUT2D eigenvalue weighted by atomic mass is 9.87. The van der Waals surface area contributed by atoms with Gasteiger partial charge < -0.3 is 20.3 Å². The average molecular weight is 352 g/mol. The van der Waals surface area contributed by atoms with Crippen molar-refractivity contribution in [1.29, 1.82) is 0 Å². The predicted octanol–water partition coefficient (Wildman–Crippen LogP) is 1.80.